The van der Waals surface area contributed by atoms with Crippen LogP contribution in [0.15, 0.2) is 12.4 Å². The molecule has 0 amide bonds. The second-order valence-corrected chi connectivity index (χ2v) is 4.88. The zero-order valence-corrected chi connectivity index (χ0v) is 11.4. The Bertz CT molecular complexity index is 401. The Balaban J connectivity index is 1.77. The molecule has 0 aromatic carbocycles. The van der Waals surface area contributed by atoms with Crippen molar-refractivity contribution < 1.29 is 0 Å². The van der Waals surface area contributed by atoms with Crippen LogP contribution in [-0.2, 0) is 0 Å². The van der Waals surface area contributed by atoms with Gasteiger partial charge in [0.15, 0.2) is 0 Å². The van der Waals surface area contributed by atoms with Crippen molar-refractivity contribution in [2.45, 2.75) is 25.8 Å². The first-order chi connectivity index (χ1) is 8.70. The minimum absolute atomic E-state index is 0.278. The lowest BCUT2D eigenvalue weighted by molar-refractivity contribution is 0.289. The number of hydrogen-bond donors (Lipinski definition) is 2. The topological polar surface area (TPSA) is 67.1 Å². The van der Waals surface area contributed by atoms with Crippen LogP contribution >= 0.6 is 12.2 Å². The van der Waals surface area contributed by atoms with E-state index in [4.69, 9.17) is 18.0 Å². The molecule has 0 bridgehead atoms. The van der Waals surface area contributed by atoms with Gasteiger partial charge >= 0.3 is 0 Å². The molecule has 3 N–H and O–H groups in total. The summed E-state index contributed by atoms with van der Waals surface area (Å²) in [5.74, 6) is 0.766. The monoisotopic (exact) mass is 265 g/mol. The van der Waals surface area contributed by atoms with Crippen LogP contribution in [0.3, 0.4) is 0 Å². The highest BCUT2D eigenvalue weighted by molar-refractivity contribution is 7.80. The molecular weight excluding hydrogens is 246 g/mol. The van der Waals surface area contributed by atoms with Crippen molar-refractivity contribution in [1.82, 2.24) is 14.9 Å². The molecule has 1 aromatic rings. The maximum absolute atomic E-state index is 5.46. The Morgan fingerprint density at radius 1 is 1.50 bits per heavy atom. The van der Waals surface area contributed by atoms with E-state index in [9.17, 15) is 0 Å². The normalized spacial score (nSPS) is 14.8. The third kappa shape index (κ3) is 3.61. The molecule has 0 spiro atoms. The first-order valence-corrected chi connectivity index (χ1v) is 6.71. The average molecular weight is 265 g/mol. The van der Waals surface area contributed by atoms with Gasteiger partial charge < -0.3 is 11.1 Å². The first kappa shape index (κ1) is 13.2. The molecular formula is C12H19N5S. The van der Waals surface area contributed by atoms with Crippen LogP contribution in [0.5, 0.6) is 0 Å². The minimum atomic E-state index is 0.278. The van der Waals surface area contributed by atoms with Crippen molar-refractivity contribution in [3.05, 3.63) is 18.1 Å². The molecule has 1 saturated carbocycles. The largest absolute Gasteiger partial charge is 0.388 e. The van der Waals surface area contributed by atoms with Crippen molar-refractivity contribution in [2.24, 2.45) is 5.73 Å². The molecule has 18 heavy (non-hydrogen) atoms. The van der Waals surface area contributed by atoms with Crippen LogP contribution in [-0.4, -0.2) is 45.5 Å². The quantitative estimate of drug-likeness (QED) is 0.717. The third-order valence-electron chi connectivity index (χ3n) is 3.08. The molecule has 0 unspecified atom stereocenters. The average Bonchev–Trinajstić information content (AvgIpc) is 3.19. The predicted octanol–water partition coefficient (Wildman–Crippen LogP) is 1.01. The van der Waals surface area contributed by atoms with Crippen LogP contribution in [0.2, 0.25) is 0 Å². The maximum Gasteiger partial charge on any atom is 0.144 e. The highest BCUT2D eigenvalue weighted by atomic mass is 32.1. The van der Waals surface area contributed by atoms with Gasteiger partial charge in [-0.1, -0.05) is 19.1 Å². The molecule has 98 valence electrons. The summed E-state index contributed by atoms with van der Waals surface area (Å²) in [5, 5.41) is 3.26. The Morgan fingerprint density at radius 3 is 2.78 bits per heavy atom. The lowest BCUT2D eigenvalue weighted by atomic mass is 10.4. The molecule has 1 fully saturated rings. The van der Waals surface area contributed by atoms with E-state index in [-0.39, 0.29) is 4.99 Å². The highest BCUT2D eigenvalue weighted by Gasteiger charge is 2.27. The van der Waals surface area contributed by atoms with E-state index in [2.05, 4.69) is 27.1 Å². The van der Waals surface area contributed by atoms with Gasteiger partial charge in [0.25, 0.3) is 0 Å². The lowest BCUT2D eigenvalue weighted by Gasteiger charge is -2.19. The minimum Gasteiger partial charge on any atom is -0.388 e. The second kappa shape index (κ2) is 6.06. The SMILES string of the molecule is CCN(CCNc1cnc(C(N)=S)cn1)C1CC1. The lowest BCUT2D eigenvalue weighted by Crippen LogP contribution is -2.31. The standard InChI is InChI=1S/C12H19N5S/c1-2-17(9-3-4-9)6-5-14-11-8-15-10(7-16-11)12(13)18/h7-9H,2-6H2,1H3,(H2,13,18)(H,14,16). The van der Waals surface area contributed by atoms with Crippen LogP contribution in [0.25, 0.3) is 0 Å². The van der Waals surface area contributed by atoms with Gasteiger partial charge in [0.1, 0.15) is 16.5 Å². The van der Waals surface area contributed by atoms with E-state index in [0.29, 0.717) is 5.69 Å². The molecule has 0 atom stereocenters. The number of hydrogen-bond acceptors (Lipinski definition) is 5. The van der Waals surface area contributed by atoms with Crippen molar-refractivity contribution in [2.75, 3.05) is 25.0 Å². The number of likely N-dealkylation sites (N-methyl/N-ethyl adjacent to an activating group) is 1. The van der Waals surface area contributed by atoms with E-state index >= 15 is 0 Å². The summed E-state index contributed by atoms with van der Waals surface area (Å²) in [5.41, 5.74) is 6.02. The Labute approximate surface area is 113 Å². The van der Waals surface area contributed by atoms with Crippen LogP contribution in [0.4, 0.5) is 5.82 Å². The zero-order chi connectivity index (χ0) is 13.0. The van der Waals surface area contributed by atoms with Gasteiger partial charge in [-0.2, -0.15) is 0 Å². The van der Waals surface area contributed by atoms with Crippen LogP contribution in [0.1, 0.15) is 25.5 Å². The summed E-state index contributed by atoms with van der Waals surface area (Å²) < 4.78 is 0. The predicted molar refractivity (Wildman–Crippen MR) is 76.7 cm³/mol. The first-order valence-electron chi connectivity index (χ1n) is 6.30. The molecule has 1 heterocycles. The molecule has 2 rings (SSSR count). The van der Waals surface area contributed by atoms with Gasteiger partial charge in [-0.3, -0.25) is 4.90 Å². The number of nitrogens with zero attached hydrogens (tertiary/aromatic N) is 3. The fourth-order valence-electron chi connectivity index (χ4n) is 1.91. The van der Waals surface area contributed by atoms with Crippen molar-refractivity contribution >= 4 is 23.0 Å². The van der Waals surface area contributed by atoms with Crippen molar-refractivity contribution in [3.8, 4) is 0 Å². The van der Waals surface area contributed by atoms with E-state index in [1.165, 1.54) is 12.8 Å². The summed E-state index contributed by atoms with van der Waals surface area (Å²) in [4.78, 5) is 11.1. The Morgan fingerprint density at radius 2 is 2.28 bits per heavy atom. The fraction of sp³-hybridized carbons (Fsp3) is 0.583. The molecule has 0 radical (unpaired) electrons. The van der Waals surface area contributed by atoms with Gasteiger partial charge in [-0.15, -0.1) is 0 Å². The summed E-state index contributed by atoms with van der Waals surface area (Å²) in [7, 11) is 0. The molecule has 5 nitrogen and oxygen atoms in total. The molecule has 0 saturated heterocycles. The summed E-state index contributed by atoms with van der Waals surface area (Å²) >= 11 is 4.83. The number of rotatable bonds is 7. The number of nitrogens with one attached hydrogen (secondary N) is 1. The smallest absolute Gasteiger partial charge is 0.144 e. The summed E-state index contributed by atoms with van der Waals surface area (Å²) in [6, 6.07) is 0.805. The van der Waals surface area contributed by atoms with Crippen molar-refractivity contribution in [3.63, 3.8) is 0 Å². The van der Waals surface area contributed by atoms with E-state index in [1.807, 2.05) is 0 Å². The summed E-state index contributed by atoms with van der Waals surface area (Å²) in [6.45, 7) is 5.23. The number of anilines is 1. The van der Waals surface area contributed by atoms with Crippen LogP contribution < -0.4 is 11.1 Å². The van der Waals surface area contributed by atoms with Crippen LogP contribution in [0, 0.1) is 0 Å². The van der Waals surface area contributed by atoms with Gasteiger partial charge in [0.05, 0.1) is 12.4 Å². The van der Waals surface area contributed by atoms with E-state index in [0.717, 1.165) is 31.5 Å². The molecule has 6 heteroatoms. The maximum atomic E-state index is 5.46. The zero-order valence-electron chi connectivity index (χ0n) is 10.6. The van der Waals surface area contributed by atoms with Gasteiger partial charge in [0, 0.05) is 19.1 Å². The van der Waals surface area contributed by atoms with Gasteiger partial charge in [-0.25, -0.2) is 9.97 Å². The summed E-state index contributed by atoms with van der Waals surface area (Å²) in [6.07, 6.45) is 5.96. The fourth-order valence-corrected chi connectivity index (χ4v) is 2.02. The molecule has 1 aromatic heterocycles. The molecule has 1 aliphatic rings. The molecule has 0 aliphatic heterocycles. The number of nitrogens with two attached hydrogens (primary N) is 1. The van der Waals surface area contributed by atoms with Gasteiger partial charge in [0.2, 0.25) is 0 Å². The van der Waals surface area contributed by atoms with E-state index in [1.54, 1.807) is 12.4 Å². The highest BCUT2D eigenvalue weighted by Crippen LogP contribution is 2.25. The molecule has 1 aliphatic carbocycles. The Hall–Kier alpha value is -1.27. The van der Waals surface area contributed by atoms with Gasteiger partial charge in [-0.05, 0) is 19.4 Å². The Kier molecular flexibility index (Phi) is 4.43. The number of thiocarbonyl (C=S) groups is 1. The van der Waals surface area contributed by atoms with E-state index < -0.39 is 0 Å². The third-order valence-corrected chi connectivity index (χ3v) is 3.29. The number of aromatic nitrogens is 2. The second-order valence-electron chi connectivity index (χ2n) is 4.44. The van der Waals surface area contributed by atoms with Crippen molar-refractivity contribution in [1.29, 1.82) is 0 Å².